The van der Waals surface area contributed by atoms with E-state index in [0.29, 0.717) is 0 Å². The lowest BCUT2D eigenvalue weighted by molar-refractivity contribution is 0.446. The maximum Gasteiger partial charge on any atom is 0.0939 e. The third-order valence-corrected chi connectivity index (χ3v) is 12.9. The standard InChI is InChI=1S/C59H42N4/c1-63-56(29-26-41-15-18-46(37-57(41)63)52-34-50(38-9-4-2-5-10-38)33-51(35-52)39-11-6-3-7-12-39)49-23-14-40-24-27-53(61-55(40)36-49)47-21-19-45-32-48(22-20-44(45)31-47)54-28-25-43-17-16-42-13-8-30-60-58(42)59(43)62-54/h2-37,54,57,62H,1H3. The maximum atomic E-state index is 5.26. The van der Waals surface area contributed by atoms with E-state index < -0.39 is 0 Å². The fourth-order valence-electron chi connectivity index (χ4n) is 9.52. The van der Waals surface area contributed by atoms with Crippen molar-refractivity contribution in [1.29, 1.82) is 0 Å². The minimum absolute atomic E-state index is 0.0590. The van der Waals surface area contributed by atoms with Crippen molar-refractivity contribution in [3.63, 3.8) is 0 Å². The van der Waals surface area contributed by atoms with Gasteiger partial charge in [-0.05, 0) is 127 Å². The molecule has 0 fully saturated rings. The van der Waals surface area contributed by atoms with Crippen LogP contribution in [0, 0.1) is 0 Å². The number of nitrogens with zero attached hydrogens (tertiary/aromatic N) is 3. The molecule has 1 N–H and O–H groups in total. The Morgan fingerprint density at radius 3 is 2.06 bits per heavy atom. The summed E-state index contributed by atoms with van der Waals surface area (Å²) in [7, 11) is 2.21. The molecule has 0 amide bonds. The lowest BCUT2D eigenvalue weighted by Gasteiger charge is -2.36. The highest BCUT2D eigenvalue weighted by Crippen LogP contribution is 2.39. The first kappa shape index (κ1) is 36.7. The Morgan fingerprint density at radius 2 is 1.24 bits per heavy atom. The van der Waals surface area contributed by atoms with Crippen molar-refractivity contribution >= 4 is 55.6 Å². The van der Waals surface area contributed by atoms with Gasteiger partial charge >= 0.3 is 0 Å². The molecule has 2 unspecified atom stereocenters. The van der Waals surface area contributed by atoms with Crippen LogP contribution < -0.4 is 5.32 Å². The van der Waals surface area contributed by atoms with E-state index in [4.69, 9.17) is 9.97 Å². The predicted octanol–water partition coefficient (Wildman–Crippen LogP) is 14.4. The molecule has 0 spiro atoms. The van der Waals surface area contributed by atoms with Crippen molar-refractivity contribution < 1.29 is 0 Å². The number of rotatable bonds is 6. The number of fused-ring (bicyclic) bond motifs is 6. The summed E-state index contributed by atoms with van der Waals surface area (Å²) >= 11 is 0. The average Bonchev–Trinajstić information content (AvgIpc) is 3.36. The van der Waals surface area contributed by atoms with Crippen molar-refractivity contribution in [3.8, 4) is 33.5 Å². The summed E-state index contributed by atoms with van der Waals surface area (Å²) in [4.78, 5) is 12.4. The first-order chi connectivity index (χ1) is 31.1. The molecule has 4 nitrogen and oxygen atoms in total. The fourth-order valence-corrected chi connectivity index (χ4v) is 9.52. The summed E-state index contributed by atoms with van der Waals surface area (Å²) in [6, 6.07) is 61.3. The monoisotopic (exact) mass is 806 g/mol. The van der Waals surface area contributed by atoms with Crippen LogP contribution in [0.1, 0.15) is 28.3 Å². The SMILES string of the molecule is CN1C(c2ccc3ccc(-c4ccc5cc(C6C=Cc7ccc8cccnc8c7N6)ccc5c4)nc3c2)=CC=C2C=CC(c3cc(-c4ccccc4)cc(-c4ccccc4)c3)=CC21. The third kappa shape index (κ3) is 6.73. The Bertz CT molecular complexity index is 3390. The molecule has 4 heterocycles. The molecule has 2 atom stereocenters. The molecular formula is C59H42N4. The van der Waals surface area contributed by atoms with Crippen molar-refractivity contribution in [1.82, 2.24) is 14.9 Å². The molecule has 3 aliphatic rings. The van der Waals surface area contributed by atoms with Gasteiger partial charge in [-0.3, -0.25) is 4.98 Å². The van der Waals surface area contributed by atoms with E-state index in [0.717, 1.165) is 44.3 Å². The summed E-state index contributed by atoms with van der Waals surface area (Å²) < 4.78 is 0. The van der Waals surface area contributed by atoms with E-state index in [-0.39, 0.29) is 12.1 Å². The molecular weight excluding hydrogens is 765 g/mol. The van der Waals surface area contributed by atoms with Crippen LogP contribution in [0.4, 0.5) is 5.69 Å². The van der Waals surface area contributed by atoms with Crippen LogP contribution in [-0.4, -0.2) is 28.0 Å². The van der Waals surface area contributed by atoms with E-state index in [9.17, 15) is 0 Å². The summed E-state index contributed by atoms with van der Waals surface area (Å²) in [5, 5.41) is 8.42. The second kappa shape index (κ2) is 15.1. The van der Waals surface area contributed by atoms with E-state index >= 15 is 0 Å². The number of nitrogens with one attached hydrogen (secondary N) is 1. The second-order valence-corrected chi connectivity index (χ2v) is 16.8. The lowest BCUT2D eigenvalue weighted by atomic mass is 9.87. The number of hydrogen-bond acceptors (Lipinski definition) is 4. The van der Waals surface area contributed by atoms with Gasteiger partial charge in [0.25, 0.3) is 0 Å². The maximum absolute atomic E-state index is 5.26. The van der Waals surface area contributed by atoms with Gasteiger partial charge in [0.1, 0.15) is 0 Å². The van der Waals surface area contributed by atoms with E-state index in [2.05, 4.69) is 224 Å². The van der Waals surface area contributed by atoms with Crippen LogP contribution in [0.15, 0.2) is 218 Å². The number of likely N-dealkylation sites (N-methyl/N-ethyl adjacent to an activating group) is 1. The van der Waals surface area contributed by atoms with E-state index in [1.54, 1.807) is 0 Å². The second-order valence-electron chi connectivity index (χ2n) is 16.8. The normalized spacial score (nSPS) is 16.6. The number of hydrogen-bond donors (Lipinski definition) is 1. The van der Waals surface area contributed by atoms with Crippen LogP contribution in [-0.2, 0) is 0 Å². The van der Waals surface area contributed by atoms with Gasteiger partial charge in [0, 0.05) is 35.3 Å². The molecule has 9 aromatic rings. The van der Waals surface area contributed by atoms with Crippen molar-refractivity contribution in [2.75, 3.05) is 12.4 Å². The highest BCUT2D eigenvalue weighted by molar-refractivity contribution is 5.97. The molecule has 2 aliphatic heterocycles. The number of aromatic nitrogens is 2. The summed E-state index contributed by atoms with van der Waals surface area (Å²) in [6.07, 6.45) is 17.8. The highest BCUT2D eigenvalue weighted by atomic mass is 15.1. The molecule has 63 heavy (non-hydrogen) atoms. The number of anilines is 1. The fraction of sp³-hybridized carbons (Fsp3) is 0.0508. The van der Waals surface area contributed by atoms with Crippen LogP contribution in [0.25, 0.3) is 83.4 Å². The minimum Gasteiger partial charge on any atom is -0.372 e. The first-order valence-corrected chi connectivity index (χ1v) is 21.7. The van der Waals surface area contributed by atoms with Crippen molar-refractivity contribution in [2.24, 2.45) is 0 Å². The molecule has 0 bridgehead atoms. The summed E-state index contributed by atoms with van der Waals surface area (Å²) in [5.74, 6) is 0. The van der Waals surface area contributed by atoms with Gasteiger partial charge < -0.3 is 10.2 Å². The summed E-state index contributed by atoms with van der Waals surface area (Å²) in [6.45, 7) is 0. The highest BCUT2D eigenvalue weighted by Gasteiger charge is 2.26. The smallest absolute Gasteiger partial charge is 0.0939 e. The van der Waals surface area contributed by atoms with Crippen molar-refractivity contribution in [2.45, 2.75) is 12.1 Å². The zero-order chi connectivity index (χ0) is 41.9. The topological polar surface area (TPSA) is 41.1 Å². The quantitative estimate of drug-likeness (QED) is 0.182. The molecule has 0 saturated heterocycles. The van der Waals surface area contributed by atoms with Crippen LogP contribution >= 0.6 is 0 Å². The van der Waals surface area contributed by atoms with Gasteiger partial charge in [0.2, 0.25) is 0 Å². The Labute approximate surface area is 367 Å². The van der Waals surface area contributed by atoms with E-state index in [1.165, 1.54) is 66.6 Å². The number of allylic oxidation sites excluding steroid dienone is 4. The third-order valence-electron chi connectivity index (χ3n) is 12.9. The molecule has 7 aromatic carbocycles. The largest absolute Gasteiger partial charge is 0.372 e. The molecule has 0 saturated carbocycles. The molecule has 2 aromatic heterocycles. The van der Waals surface area contributed by atoms with Gasteiger partial charge in [-0.2, -0.15) is 0 Å². The predicted molar refractivity (Wildman–Crippen MR) is 264 cm³/mol. The Kier molecular flexibility index (Phi) is 8.82. The Morgan fingerprint density at radius 1 is 0.524 bits per heavy atom. The van der Waals surface area contributed by atoms with Crippen LogP contribution in [0.3, 0.4) is 0 Å². The number of pyridine rings is 2. The number of benzene rings is 7. The molecule has 1 aliphatic carbocycles. The zero-order valence-corrected chi connectivity index (χ0v) is 34.8. The summed E-state index contributed by atoms with van der Waals surface area (Å²) in [5.41, 5.74) is 18.4. The van der Waals surface area contributed by atoms with Gasteiger partial charge in [0.05, 0.1) is 34.5 Å². The van der Waals surface area contributed by atoms with Crippen molar-refractivity contribution in [3.05, 3.63) is 240 Å². The van der Waals surface area contributed by atoms with Crippen LogP contribution in [0.5, 0.6) is 0 Å². The molecule has 298 valence electrons. The van der Waals surface area contributed by atoms with Crippen LogP contribution in [0.2, 0.25) is 0 Å². The Balaban J connectivity index is 0.820. The molecule has 4 heteroatoms. The average molecular weight is 807 g/mol. The van der Waals surface area contributed by atoms with Gasteiger partial charge in [0.15, 0.2) is 0 Å². The van der Waals surface area contributed by atoms with Gasteiger partial charge in [-0.25, -0.2) is 4.98 Å². The van der Waals surface area contributed by atoms with Gasteiger partial charge in [-0.1, -0.05) is 152 Å². The Hall–Kier alpha value is -8.08. The molecule has 12 rings (SSSR count). The lowest BCUT2D eigenvalue weighted by Crippen LogP contribution is -2.33. The van der Waals surface area contributed by atoms with Gasteiger partial charge in [-0.15, -0.1) is 0 Å². The zero-order valence-electron chi connectivity index (χ0n) is 34.8. The molecule has 0 radical (unpaired) electrons. The van der Waals surface area contributed by atoms with E-state index in [1.807, 2.05) is 12.3 Å². The minimum atomic E-state index is 0.0590. The first-order valence-electron chi connectivity index (χ1n) is 21.7.